The third-order valence-corrected chi connectivity index (χ3v) is 4.36. The van der Waals surface area contributed by atoms with Gasteiger partial charge in [0.25, 0.3) is 5.89 Å². The van der Waals surface area contributed by atoms with Crippen molar-refractivity contribution in [3.63, 3.8) is 0 Å². The van der Waals surface area contributed by atoms with Gasteiger partial charge in [0.1, 0.15) is 5.82 Å². The molecule has 0 amide bonds. The average molecular weight is 347 g/mol. The van der Waals surface area contributed by atoms with Crippen LogP contribution in [0.15, 0.2) is 46.9 Å². The SMILES string of the molecule is Fc1ccc2nc(Nc3nnc(-c4ccccc4Cl)o3)sc2c1. The number of nitrogens with zero attached hydrogens (tertiary/aromatic N) is 3. The van der Waals surface area contributed by atoms with E-state index in [9.17, 15) is 4.39 Å². The summed E-state index contributed by atoms with van der Waals surface area (Å²) < 4.78 is 19.5. The summed E-state index contributed by atoms with van der Waals surface area (Å²) in [5, 5.41) is 11.9. The number of hydrogen-bond acceptors (Lipinski definition) is 6. The number of nitrogens with one attached hydrogen (secondary N) is 1. The predicted octanol–water partition coefficient (Wildman–Crippen LogP) is 4.88. The van der Waals surface area contributed by atoms with Crippen molar-refractivity contribution in [2.24, 2.45) is 0 Å². The summed E-state index contributed by atoms with van der Waals surface area (Å²) in [6.45, 7) is 0. The molecule has 0 aliphatic carbocycles. The first kappa shape index (κ1) is 14.1. The number of hydrogen-bond donors (Lipinski definition) is 1. The number of aromatic nitrogens is 3. The van der Waals surface area contributed by atoms with Crippen molar-refractivity contribution in [1.82, 2.24) is 15.2 Å². The summed E-state index contributed by atoms with van der Waals surface area (Å²) in [6, 6.07) is 11.8. The minimum Gasteiger partial charge on any atom is -0.403 e. The van der Waals surface area contributed by atoms with Crippen LogP contribution in [0.5, 0.6) is 0 Å². The first-order valence-electron chi connectivity index (χ1n) is 6.60. The van der Waals surface area contributed by atoms with Gasteiger partial charge in [-0.1, -0.05) is 40.2 Å². The first-order valence-corrected chi connectivity index (χ1v) is 7.80. The van der Waals surface area contributed by atoms with E-state index in [0.717, 1.165) is 4.70 Å². The van der Waals surface area contributed by atoms with Gasteiger partial charge < -0.3 is 4.42 Å². The fourth-order valence-electron chi connectivity index (χ4n) is 2.06. The molecular formula is C15H8ClFN4OS. The van der Waals surface area contributed by atoms with E-state index in [1.165, 1.54) is 23.5 Å². The second kappa shape index (κ2) is 5.60. The molecule has 2 aromatic heterocycles. The van der Waals surface area contributed by atoms with E-state index in [0.29, 0.717) is 27.1 Å². The van der Waals surface area contributed by atoms with Crippen molar-refractivity contribution in [1.29, 1.82) is 0 Å². The molecule has 0 spiro atoms. The van der Waals surface area contributed by atoms with Gasteiger partial charge in [-0.2, -0.15) is 0 Å². The molecule has 8 heteroatoms. The van der Waals surface area contributed by atoms with Crippen molar-refractivity contribution in [3.8, 4) is 11.5 Å². The van der Waals surface area contributed by atoms with Gasteiger partial charge in [0, 0.05) is 0 Å². The van der Waals surface area contributed by atoms with Crippen LogP contribution in [0.4, 0.5) is 15.5 Å². The Balaban J connectivity index is 1.63. The average Bonchev–Trinajstić information content (AvgIpc) is 3.14. The molecule has 0 aliphatic rings. The summed E-state index contributed by atoms with van der Waals surface area (Å²) >= 11 is 7.40. The van der Waals surface area contributed by atoms with E-state index >= 15 is 0 Å². The topological polar surface area (TPSA) is 63.8 Å². The Morgan fingerprint density at radius 2 is 2.00 bits per heavy atom. The van der Waals surface area contributed by atoms with Gasteiger partial charge >= 0.3 is 6.01 Å². The van der Waals surface area contributed by atoms with E-state index < -0.39 is 0 Å². The minimum absolute atomic E-state index is 0.194. The molecule has 2 heterocycles. The highest BCUT2D eigenvalue weighted by molar-refractivity contribution is 7.22. The molecule has 23 heavy (non-hydrogen) atoms. The smallest absolute Gasteiger partial charge is 0.322 e. The van der Waals surface area contributed by atoms with Crippen molar-refractivity contribution in [2.75, 3.05) is 5.32 Å². The number of halogens is 2. The van der Waals surface area contributed by atoms with Crippen molar-refractivity contribution in [3.05, 3.63) is 53.3 Å². The standard InChI is InChI=1S/C15H8ClFN4OS/c16-10-4-2-1-3-9(10)13-20-21-14(22-13)19-15-18-11-6-5-8(17)7-12(11)23-15/h1-7H,(H,18,19,21). The number of thiazole rings is 1. The molecule has 4 rings (SSSR count). The van der Waals surface area contributed by atoms with Gasteiger partial charge in [-0.3, -0.25) is 5.32 Å². The van der Waals surface area contributed by atoms with E-state index in [4.69, 9.17) is 16.0 Å². The highest BCUT2D eigenvalue weighted by Crippen LogP contribution is 2.31. The monoisotopic (exact) mass is 346 g/mol. The zero-order valence-corrected chi connectivity index (χ0v) is 13.0. The Morgan fingerprint density at radius 1 is 1.13 bits per heavy atom. The van der Waals surface area contributed by atoms with Gasteiger partial charge in [-0.15, -0.1) is 5.10 Å². The molecule has 0 saturated heterocycles. The maximum absolute atomic E-state index is 13.2. The van der Waals surface area contributed by atoms with Crippen LogP contribution in [0.2, 0.25) is 5.02 Å². The van der Waals surface area contributed by atoms with E-state index in [2.05, 4.69) is 20.5 Å². The lowest BCUT2D eigenvalue weighted by molar-refractivity contribution is 0.587. The molecule has 0 saturated carbocycles. The van der Waals surface area contributed by atoms with Crippen molar-refractivity contribution in [2.45, 2.75) is 0 Å². The van der Waals surface area contributed by atoms with Crippen LogP contribution < -0.4 is 5.32 Å². The Morgan fingerprint density at radius 3 is 2.87 bits per heavy atom. The molecule has 5 nitrogen and oxygen atoms in total. The van der Waals surface area contributed by atoms with Crippen molar-refractivity contribution >= 4 is 44.3 Å². The van der Waals surface area contributed by atoms with Crippen molar-refractivity contribution < 1.29 is 8.81 Å². The number of anilines is 2. The fourth-order valence-corrected chi connectivity index (χ4v) is 3.16. The predicted molar refractivity (Wildman–Crippen MR) is 87.6 cm³/mol. The minimum atomic E-state index is -0.300. The van der Waals surface area contributed by atoms with Gasteiger partial charge in [-0.25, -0.2) is 9.37 Å². The Hall–Kier alpha value is -2.51. The van der Waals surface area contributed by atoms with Gasteiger partial charge in [0.2, 0.25) is 0 Å². The van der Waals surface area contributed by atoms with Crippen LogP contribution in [0, 0.1) is 5.82 Å². The zero-order valence-electron chi connectivity index (χ0n) is 11.5. The first-order chi connectivity index (χ1) is 11.2. The molecule has 1 N–H and O–H groups in total. The molecule has 114 valence electrons. The molecular weight excluding hydrogens is 339 g/mol. The van der Waals surface area contributed by atoms with E-state index in [1.54, 1.807) is 18.2 Å². The third kappa shape index (κ3) is 2.76. The fraction of sp³-hybridized carbons (Fsp3) is 0. The molecule has 0 atom stereocenters. The molecule has 4 aromatic rings. The van der Waals surface area contributed by atoms with Gasteiger partial charge in [0.15, 0.2) is 5.13 Å². The molecule has 0 aliphatic heterocycles. The van der Waals surface area contributed by atoms with Crippen LogP contribution >= 0.6 is 22.9 Å². The summed E-state index contributed by atoms with van der Waals surface area (Å²) in [7, 11) is 0. The molecule has 2 aromatic carbocycles. The molecule has 0 fully saturated rings. The van der Waals surface area contributed by atoms with Gasteiger partial charge in [-0.05, 0) is 30.3 Å². The lowest BCUT2D eigenvalue weighted by Crippen LogP contribution is -1.88. The largest absolute Gasteiger partial charge is 0.403 e. The molecule has 0 radical (unpaired) electrons. The maximum Gasteiger partial charge on any atom is 0.322 e. The maximum atomic E-state index is 13.2. The lowest BCUT2D eigenvalue weighted by Gasteiger charge is -1.97. The highest BCUT2D eigenvalue weighted by Gasteiger charge is 2.13. The number of fused-ring (bicyclic) bond motifs is 1. The van der Waals surface area contributed by atoms with E-state index in [-0.39, 0.29) is 11.8 Å². The van der Waals surface area contributed by atoms with Crippen LogP contribution in [-0.4, -0.2) is 15.2 Å². The highest BCUT2D eigenvalue weighted by atomic mass is 35.5. The van der Waals surface area contributed by atoms with E-state index in [1.807, 2.05) is 12.1 Å². The number of benzene rings is 2. The Kier molecular flexibility index (Phi) is 3.44. The van der Waals surface area contributed by atoms with Crippen LogP contribution in [0.1, 0.15) is 0 Å². The summed E-state index contributed by atoms with van der Waals surface area (Å²) in [4.78, 5) is 4.34. The van der Waals surface area contributed by atoms with Gasteiger partial charge in [0.05, 0.1) is 20.8 Å². The quantitative estimate of drug-likeness (QED) is 0.572. The Bertz CT molecular complexity index is 1000. The van der Waals surface area contributed by atoms with Crippen LogP contribution in [-0.2, 0) is 0 Å². The second-order valence-corrected chi connectivity index (χ2v) is 6.09. The lowest BCUT2D eigenvalue weighted by atomic mass is 10.2. The summed E-state index contributed by atoms with van der Waals surface area (Å²) in [6.07, 6.45) is 0. The zero-order chi connectivity index (χ0) is 15.8. The summed E-state index contributed by atoms with van der Waals surface area (Å²) in [5.74, 6) is 0.0109. The van der Waals surface area contributed by atoms with Crippen LogP contribution in [0.3, 0.4) is 0 Å². The molecule has 0 bridgehead atoms. The second-order valence-electron chi connectivity index (χ2n) is 4.65. The normalized spacial score (nSPS) is 11.0. The molecule has 0 unspecified atom stereocenters. The third-order valence-electron chi connectivity index (χ3n) is 3.09. The Labute approximate surface area is 138 Å². The van der Waals surface area contributed by atoms with Crippen LogP contribution in [0.25, 0.3) is 21.7 Å². The number of rotatable bonds is 3. The summed E-state index contributed by atoms with van der Waals surface area (Å²) in [5.41, 5.74) is 1.35.